The molecular weight excluding hydrogens is 476 g/mol. The fourth-order valence-corrected chi connectivity index (χ4v) is 5.35. The normalized spacial score (nSPS) is 12.1. The van der Waals surface area contributed by atoms with Crippen LogP contribution < -0.4 is 5.32 Å². The minimum absolute atomic E-state index is 0.00828. The second kappa shape index (κ2) is 10.4. The number of H-pyrrole nitrogens is 1. The van der Waals surface area contributed by atoms with Gasteiger partial charge in [0, 0.05) is 42.2 Å². The van der Waals surface area contributed by atoms with Gasteiger partial charge in [0.1, 0.15) is 5.65 Å². The van der Waals surface area contributed by atoms with Crippen molar-refractivity contribution < 1.29 is 18.3 Å². The van der Waals surface area contributed by atoms with Crippen molar-refractivity contribution >= 4 is 37.7 Å². The van der Waals surface area contributed by atoms with Gasteiger partial charge in [-0.1, -0.05) is 19.1 Å². The van der Waals surface area contributed by atoms with Crippen molar-refractivity contribution in [2.24, 2.45) is 0 Å². The molecule has 2 aromatic carbocycles. The Morgan fingerprint density at radius 3 is 2.67 bits per heavy atom. The van der Waals surface area contributed by atoms with E-state index >= 15 is 0 Å². The molecule has 0 radical (unpaired) electrons. The van der Waals surface area contributed by atoms with Crippen molar-refractivity contribution in [3.63, 3.8) is 0 Å². The number of fused-ring (bicyclic) bond motifs is 3. The number of amides is 1. The zero-order valence-corrected chi connectivity index (χ0v) is 21.9. The van der Waals surface area contributed by atoms with Gasteiger partial charge < -0.3 is 20.3 Å². The molecule has 0 aliphatic rings. The third kappa shape index (κ3) is 5.00. The lowest BCUT2D eigenvalue weighted by Crippen LogP contribution is -2.34. The summed E-state index contributed by atoms with van der Waals surface area (Å²) >= 11 is 0. The van der Waals surface area contributed by atoms with Crippen molar-refractivity contribution in [2.45, 2.75) is 25.7 Å². The first-order valence-corrected chi connectivity index (χ1v) is 13.6. The molecule has 2 heterocycles. The van der Waals surface area contributed by atoms with Crippen LogP contribution in [0.1, 0.15) is 28.4 Å². The summed E-state index contributed by atoms with van der Waals surface area (Å²) in [6, 6.07) is 10.8. The largest absolute Gasteiger partial charge is 0.395 e. The molecule has 0 bridgehead atoms. The zero-order valence-electron chi connectivity index (χ0n) is 21.1. The van der Waals surface area contributed by atoms with Gasteiger partial charge in [0.15, 0.2) is 9.84 Å². The first-order valence-electron chi connectivity index (χ1n) is 12.0. The van der Waals surface area contributed by atoms with Gasteiger partial charge in [0.05, 0.1) is 22.8 Å². The Morgan fingerprint density at radius 1 is 1.17 bits per heavy atom. The highest BCUT2D eigenvalue weighted by molar-refractivity contribution is 7.91. The lowest BCUT2D eigenvalue weighted by Gasteiger charge is -2.16. The maximum absolute atomic E-state index is 13.3. The molecule has 0 unspecified atom stereocenters. The van der Waals surface area contributed by atoms with E-state index in [0.29, 0.717) is 36.4 Å². The predicted octanol–water partition coefficient (Wildman–Crippen LogP) is 3.45. The summed E-state index contributed by atoms with van der Waals surface area (Å²) in [5.41, 5.74) is 5.30. The topological polar surface area (TPSA) is 115 Å². The van der Waals surface area contributed by atoms with Crippen LogP contribution >= 0.6 is 0 Å². The van der Waals surface area contributed by atoms with Crippen LogP contribution in [0.3, 0.4) is 0 Å². The van der Waals surface area contributed by atoms with Crippen LogP contribution in [0, 0.1) is 13.8 Å². The van der Waals surface area contributed by atoms with Gasteiger partial charge >= 0.3 is 0 Å². The molecular formula is C27H32N4O4S. The molecule has 4 aromatic rings. The Morgan fingerprint density at radius 2 is 1.94 bits per heavy atom. The number of aryl methyl sites for hydroxylation is 2. The molecule has 0 aliphatic heterocycles. The number of nitrogens with zero attached hydrogens (tertiary/aromatic N) is 2. The molecule has 0 fully saturated rings. The Labute approximate surface area is 211 Å². The number of rotatable bonds is 9. The van der Waals surface area contributed by atoms with E-state index in [0.717, 1.165) is 33.0 Å². The van der Waals surface area contributed by atoms with Crippen molar-refractivity contribution in [3.05, 3.63) is 59.3 Å². The van der Waals surface area contributed by atoms with E-state index in [2.05, 4.69) is 15.3 Å². The number of sulfone groups is 1. The number of likely N-dealkylation sites (N-methyl/N-ethyl adjacent to an activating group) is 1. The molecule has 0 saturated carbocycles. The minimum atomic E-state index is -3.40. The first-order chi connectivity index (χ1) is 17.2. The van der Waals surface area contributed by atoms with Gasteiger partial charge in [-0.3, -0.25) is 4.79 Å². The Kier molecular flexibility index (Phi) is 7.44. The fraction of sp³-hybridized carbons (Fsp3) is 0.333. The quantitative estimate of drug-likeness (QED) is 0.319. The monoisotopic (exact) mass is 508 g/mol. The zero-order chi connectivity index (χ0) is 26.0. The molecule has 0 spiro atoms. The molecule has 9 heteroatoms. The highest BCUT2D eigenvalue weighted by Crippen LogP contribution is 2.38. The molecule has 4 rings (SSSR count). The molecule has 3 N–H and O–H groups in total. The minimum Gasteiger partial charge on any atom is -0.395 e. The summed E-state index contributed by atoms with van der Waals surface area (Å²) in [6.45, 7) is 7.13. The van der Waals surface area contributed by atoms with E-state index in [4.69, 9.17) is 5.11 Å². The predicted molar refractivity (Wildman–Crippen MR) is 143 cm³/mol. The number of aliphatic hydroxyl groups is 1. The number of nitrogens with one attached hydrogen (secondary N) is 2. The fourth-order valence-electron chi connectivity index (χ4n) is 4.42. The second-order valence-corrected chi connectivity index (χ2v) is 11.4. The van der Waals surface area contributed by atoms with Gasteiger partial charge in [0.2, 0.25) is 0 Å². The summed E-state index contributed by atoms with van der Waals surface area (Å²) in [7, 11) is -1.52. The Hall–Kier alpha value is -3.27. The van der Waals surface area contributed by atoms with Gasteiger partial charge in [-0.25, -0.2) is 13.4 Å². The lowest BCUT2D eigenvalue weighted by atomic mass is 9.93. The van der Waals surface area contributed by atoms with Crippen LogP contribution in [0.4, 0.5) is 0 Å². The average molecular weight is 509 g/mol. The number of aromatic amines is 1. The average Bonchev–Trinajstić information content (AvgIpc) is 3.24. The molecule has 190 valence electrons. The smallest absolute Gasteiger partial charge is 0.251 e. The third-order valence-electron chi connectivity index (χ3n) is 6.51. The number of carbonyl (C=O) groups excluding carboxylic acids is 1. The van der Waals surface area contributed by atoms with Crippen molar-refractivity contribution in [2.75, 3.05) is 39.0 Å². The number of aliphatic hydroxyl groups excluding tert-OH is 1. The second-order valence-electron chi connectivity index (χ2n) is 9.09. The van der Waals surface area contributed by atoms with Crippen LogP contribution in [-0.4, -0.2) is 73.3 Å². The van der Waals surface area contributed by atoms with Crippen molar-refractivity contribution in [1.29, 1.82) is 0 Å². The number of hydrogen-bond acceptors (Lipinski definition) is 6. The molecule has 0 atom stereocenters. The van der Waals surface area contributed by atoms with E-state index < -0.39 is 9.84 Å². The maximum Gasteiger partial charge on any atom is 0.251 e. The number of aromatic nitrogens is 2. The Balaban J connectivity index is 1.89. The van der Waals surface area contributed by atoms with Crippen LogP contribution in [-0.2, 0) is 9.84 Å². The van der Waals surface area contributed by atoms with E-state index in [1.54, 1.807) is 31.3 Å². The number of benzene rings is 2. The summed E-state index contributed by atoms with van der Waals surface area (Å²) < 4.78 is 25.2. The van der Waals surface area contributed by atoms with Gasteiger partial charge in [0.25, 0.3) is 5.91 Å². The van der Waals surface area contributed by atoms with E-state index in [-0.39, 0.29) is 23.2 Å². The third-order valence-corrected chi connectivity index (χ3v) is 8.25. The summed E-state index contributed by atoms with van der Waals surface area (Å²) in [6.07, 6.45) is 1.79. The van der Waals surface area contributed by atoms with Crippen LogP contribution in [0.15, 0.2) is 47.5 Å². The summed E-state index contributed by atoms with van der Waals surface area (Å²) in [4.78, 5) is 23.4. The molecule has 0 saturated heterocycles. The SMILES string of the molecule is CCS(=O)(=O)c1cccc(-c2cc(C(=O)NCCN(C)CCO)c(C)c3[nH]c4ncc(C)cc4c23)c1. The molecule has 2 aromatic heterocycles. The number of hydrogen-bond donors (Lipinski definition) is 3. The number of pyridine rings is 1. The summed E-state index contributed by atoms with van der Waals surface area (Å²) in [5, 5.41) is 13.9. The molecule has 36 heavy (non-hydrogen) atoms. The van der Waals surface area contributed by atoms with Crippen LogP contribution in [0.2, 0.25) is 0 Å². The van der Waals surface area contributed by atoms with Crippen molar-refractivity contribution in [1.82, 2.24) is 20.2 Å². The van der Waals surface area contributed by atoms with E-state index in [9.17, 15) is 13.2 Å². The lowest BCUT2D eigenvalue weighted by molar-refractivity contribution is 0.0948. The van der Waals surface area contributed by atoms with E-state index in [1.807, 2.05) is 44.0 Å². The van der Waals surface area contributed by atoms with Gasteiger partial charge in [-0.15, -0.1) is 0 Å². The van der Waals surface area contributed by atoms with E-state index in [1.165, 1.54) is 0 Å². The standard InChI is InChI=1S/C27H32N4O4S/c1-5-36(34,35)20-8-6-7-19(14-20)22-15-21(27(33)28-9-10-31(4)11-12-32)18(3)25-24(22)23-13-17(2)16-29-26(23)30-25/h6-8,13-16,32H,5,9-12H2,1-4H3,(H,28,33)(H,29,30). The molecule has 0 aliphatic carbocycles. The van der Waals surface area contributed by atoms with Gasteiger partial charge in [-0.05, 0) is 67.4 Å². The van der Waals surface area contributed by atoms with Crippen molar-refractivity contribution in [3.8, 4) is 11.1 Å². The summed E-state index contributed by atoms with van der Waals surface area (Å²) in [5.74, 6) is -0.206. The molecule has 1 amide bonds. The first kappa shape index (κ1) is 25.8. The maximum atomic E-state index is 13.3. The van der Waals surface area contributed by atoms with Crippen LogP contribution in [0.5, 0.6) is 0 Å². The molecule has 8 nitrogen and oxygen atoms in total. The number of carbonyl (C=O) groups is 1. The Bertz CT molecular complexity index is 1540. The van der Waals surface area contributed by atoms with Crippen LogP contribution in [0.25, 0.3) is 33.1 Å². The highest BCUT2D eigenvalue weighted by Gasteiger charge is 2.21. The highest BCUT2D eigenvalue weighted by atomic mass is 32.2. The van der Waals surface area contributed by atoms with Gasteiger partial charge in [-0.2, -0.15) is 0 Å².